The minimum atomic E-state index is 0.275. The van der Waals surface area contributed by atoms with Crippen LogP contribution in [0.2, 0.25) is 0 Å². The Morgan fingerprint density at radius 1 is 1.21 bits per heavy atom. The fourth-order valence-electron chi connectivity index (χ4n) is 2.17. The first-order chi connectivity index (χ1) is 9.06. The zero-order valence-corrected chi connectivity index (χ0v) is 14.0. The van der Waals surface area contributed by atoms with E-state index in [0.717, 1.165) is 28.9 Å². The Hall–Kier alpha value is -0.740. The molecule has 1 atom stereocenters. The Bertz CT molecular complexity index is 407. The van der Waals surface area contributed by atoms with E-state index in [0.29, 0.717) is 5.92 Å². The Labute approximate surface area is 124 Å². The molecule has 0 amide bonds. The molecule has 0 saturated carbocycles. The van der Waals surface area contributed by atoms with E-state index in [1.54, 1.807) is 14.2 Å². The number of benzene rings is 1. The van der Waals surface area contributed by atoms with Gasteiger partial charge in [-0.25, -0.2) is 0 Å². The predicted molar refractivity (Wildman–Crippen MR) is 83.1 cm³/mol. The van der Waals surface area contributed by atoms with Crippen molar-refractivity contribution in [1.82, 2.24) is 5.32 Å². The van der Waals surface area contributed by atoms with Crippen LogP contribution < -0.4 is 14.8 Å². The van der Waals surface area contributed by atoms with Crippen LogP contribution in [0, 0.1) is 5.92 Å². The van der Waals surface area contributed by atoms with Gasteiger partial charge in [-0.1, -0.05) is 20.8 Å². The first kappa shape index (κ1) is 16.3. The Balaban J connectivity index is 3.18. The zero-order valence-electron chi connectivity index (χ0n) is 12.4. The molecule has 0 bridgehead atoms. The number of hydrogen-bond acceptors (Lipinski definition) is 3. The van der Waals surface area contributed by atoms with Crippen molar-refractivity contribution >= 4 is 15.9 Å². The number of hydrogen-bond donors (Lipinski definition) is 1. The second-order valence-corrected chi connectivity index (χ2v) is 5.67. The molecule has 0 spiro atoms. The summed E-state index contributed by atoms with van der Waals surface area (Å²) in [5.41, 5.74) is 1.17. The summed E-state index contributed by atoms with van der Waals surface area (Å²) in [6, 6.07) is 4.33. The molecule has 0 saturated heterocycles. The smallest absolute Gasteiger partial charge is 0.141 e. The van der Waals surface area contributed by atoms with Gasteiger partial charge in [0.15, 0.2) is 0 Å². The normalized spacial score (nSPS) is 12.6. The van der Waals surface area contributed by atoms with Gasteiger partial charge in [0.05, 0.1) is 14.2 Å². The molecule has 1 aromatic rings. The molecule has 3 nitrogen and oxygen atoms in total. The molecular formula is C15H24BrNO2. The third-order valence-electron chi connectivity index (χ3n) is 3.13. The van der Waals surface area contributed by atoms with Gasteiger partial charge in [-0.3, -0.25) is 0 Å². The predicted octanol–water partition coefficient (Wildman–Crippen LogP) is 4.16. The van der Waals surface area contributed by atoms with Gasteiger partial charge in [0.2, 0.25) is 0 Å². The number of rotatable bonds is 7. The molecular weight excluding hydrogens is 306 g/mol. The highest BCUT2D eigenvalue weighted by Gasteiger charge is 2.22. The van der Waals surface area contributed by atoms with Crippen LogP contribution in [-0.2, 0) is 0 Å². The second kappa shape index (κ2) is 7.75. The van der Waals surface area contributed by atoms with Gasteiger partial charge in [-0.2, -0.15) is 0 Å². The third kappa shape index (κ3) is 3.86. The largest absolute Gasteiger partial charge is 0.495 e. The maximum atomic E-state index is 5.56. The van der Waals surface area contributed by atoms with Crippen LogP contribution in [0.1, 0.15) is 38.8 Å². The van der Waals surface area contributed by atoms with Crippen LogP contribution in [0.4, 0.5) is 0 Å². The molecule has 0 aliphatic rings. The zero-order chi connectivity index (χ0) is 14.4. The van der Waals surface area contributed by atoms with Crippen molar-refractivity contribution in [1.29, 1.82) is 0 Å². The Morgan fingerprint density at radius 2 is 1.89 bits per heavy atom. The first-order valence-electron chi connectivity index (χ1n) is 6.70. The van der Waals surface area contributed by atoms with Gasteiger partial charge in [-0.15, -0.1) is 0 Å². The summed E-state index contributed by atoms with van der Waals surface area (Å²) in [4.78, 5) is 0. The molecule has 1 unspecified atom stereocenters. The maximum Gasteiger partial charge on any atom is 0.141 e. The molecule has 1 aromatic carbocycles. The lowest BCUT2D eigenvalue weighted by Crippen LogP contribution is -2.27. The average Bonchev–Trinajstić information content (AvgIpc) is 2.39. The number of nitrogens with one attached hydrogen (secondary N) is 1. The van der Waals surface area contributed by atoms with Gasteiger partial charge in [0, 0.05) is 11.6 Å². The fraction of sp³-hybridized carbons (Fsp3) is 0.600. The molecule has 1 rings (SSSR count). The van der Waals surface area contributed by atoms with Crippen LogP contribution in [0.15, 0.2) is 16.6 Å². The average molecular weight is 330 g/mol. The number of ether oxygens (including phenoxy) is 2. The van der Waals surface area contributed by atoms with Gasteiger partial charge < -0.3 is 14.8 Å². The summed E-state index contributed by atoms with van der Waals surface area (Å²) in [5, 5.41) is 3.58. The van der Waals surface area contributed by atoms with Gasteiger partial charge >= 0.3 is 0 Å². The summed E-state index contributed by atoms with van der Waals surface area (Å²) in [6.07, 6.45) is 1.11. The standard InChI is InChI=1S/C15H24BrNO2/c1-6-9-17-14(10(2)3)11-7-8-12(18-4)13(16)15(11)19-5/h7-8,10,14,17H,6,9H2,1-5H3. The molecule has 0 aliphatic carbocycles. The van der Waals surface area contributed by atoms with Gasteiger partial charge in [0.25, 0.3) is 0 Å². The lowest BCUT2D eigenvalue weighted by molar-refractivity contribution is 0.360. The van der Waals surface area contributed by atoms with Crippen molar-refractivity contribution in [3.8, 4) is 11.5 Å². The summed E-state index contributed by atoms with van der Waals surface area (Å²) < 4.78 is 11.8. The first-order valence-corrected chi connectivity index (χ1v) is 7.49. The molecule has 0 heterocycles. The summed E-state index contributed by atoms with van der Waals surface area (Å²) in [7, 11) is 3.36. The highest BCUT2D eigenvalue weighted by atomic mass is 79.9. The van der Waals surface area contributed by atoms with E-state index in [1.807, 2.05) is 6.07 Å². The lowest BCUT2D eigenvalue weighted by Gasteiger charge is -2.25. The van der Waals surface area contributed by atoms with Crippen molar-refractivity contribution < 1.29 is 9.47 Å². The molecule has 1 N–H and O–H groups in total. The molecule has 0 aromatic heterocycles. The topological polar surface area (TPSA) is 30.5 Å². The lowest BCUT2D eigenvalue weighted by atomic mass is 9.95. The summed E-state index contributed by atoms with van der Waals surface area (Å²) >= 11 is 3.56. The van der Waals surface area contributed by atoms with Crippen LogP contribution in [-0.4, -0.2) is 20.8 Å². The minimum Gasteiger partial charge on any atom is -0.495 e. The maximum absolute atomic E-state index is 5.56. The van der Waals surface area contributed by atoms with E-state index in [4.69, 9.17) is 9.47 Å². The van der Waals surface area contributed by atoms with Crippen LogP contribution >= 0.6 is 15.9 Å². The van der Waals surface area contributed by atoms with E-state index in [1.165, 1.54) is 5.56 Å². The van der Waals surface area contributed by atoms with Crippen molar-refractivity contribution in [2.24, 2.45) is 5.92 Å². The van der Waals surface area contributed by atoms with Gasteiger partial charge in [-0.05, 0) is 46.9 Å². The van der Waals surface area contributed by atoms with Crippen LogP contribution in [0.25, 0.3) is 0 Å². The number of halogens is 1. The van der Waals surface area contributed by atoms with Crippen molar-refractivity contribution in [3.05, 3.63) is 22.2 Å². The molecule has 0 radical (unpaired) electrons. The van der Waals surface area contributed by atoms with Crippen LogP contribution in [0.5, 0.6) is 11.5 Å². The van der Waals surface area contributed by atoms with E-state index in [-0.39, 0.29) is 6.04 Å². The van der Waals surface area contributed by atoms with Crippen molar-refractivity contribution in [2.45, 2.75) is 33.2 Å². The summed E-state index contributed by atoms with van der Waals surface area (Å²) in [6.45, 7) is 7.59. The van der Waals surface area contributed by atoms with Crippen molar-refractivity contribution in [3.63, 3.8) is 0 Å². The van der Waals surface area contributed by atoms with E-state index >= 15 is 0 Å². The highest BCUT2D eigenvalue weighted by Crippen LogP contribution is 2.41. The van der Waals surface area contributed by atoms with Gasteiger partial charge in [0.1, 0.15) is 16.0 Å². The second-order valence-electron chi connectivity index (χ2n) is 4.88. The minimum absolute atomic E-state index is 0.275. The third-order valence-corrected chi connectivity index (χ3v) is 3.88. The van der Waals surface area contributed by atoms with Crippen LogP contribution in [0.3, 0.4) is 0 Å². The number of methoxy groups -OCH3 is 2. The van der Waals surface area contributed by atoms with E-state index < -0.39 is 0 Å². The highest BCUT2D eigenvalue weighted by molar-refractivity contribution is 9.10. The quantitative estimate of drug-likeness (QED) is 0.814. The molecule has 0 aliphatic heterocycles. The van der Waals surface area contributed by atoms with Crippen molar-refractivity contribution in [2.75, 3.05) is 20.8 Å². The molecule has 19 heavy (non-hydrogen) atoms. The fourth-order valence-corrected chi connectivity index (χ4v) is 2.85. The Morgan fingerprint density at radius 3 is 2.37 bits per heavy atom. The molecule has 4 heteroatoms. The SMILES string of the molecule is CCCNC(c1ccc(OC)c(Br)c1OC)C(C)C. The monoisotopic (exact) mass is 329 g/mol. The summed E-state index contributed by atoms with van der Waals surface area (Å²) in [5.74, 6) is 2.13. The Kier molecular flexibility index (Phi) is 6.66. The van der Waals surface area contributed by atoms with E-state index in [2.05, 4.69) is 48.1 Å². The van der Waals surface area contributed by atoms with E-state index in [9.17, 15) is 0 Å². The molecule has 108 valence electrons. The molecule has 0 fully saturated rings.